The van der Waals surface area contributed by atoms with Gasteiger partial charge in [-0.2, -0.15) is 5.10 Å². The fraction of sp³-hybridized carbons (Fsp3) is 0.304. The highest BCUT2D eigenvalue weighted by atomic mass is 16.5. The molecule has 1 aliphatic rings. The van der Waals surface area contributed by atoms with E-state index in [0.29, 0.717) is 12.2 Å². The van der Waals surface area contributed by atoms with Crippen molar-refractivity contribution in [2.45, 2.75) is 38.5 Å². The molecule has 0 radical (unpaired) electrons. The minimum atomic E-state index is -0.0439. The van der Waals surface area contributed by atoms with Crippen molar-refractivity contribution in [3.05, 3.63) is 88.7 Å². The van der Waals surface area contributed by atoms with Crippen LogP contribution in [0.5, 0.6) is 0 Å². The van der Waals surface area contributed by atoms with E-state index in [0.717, 1.165) is 36.9 Å². The number of ether oxygens (including phenoxy) is 1. The summed E-state index contributed by atoms with van der Waals surface area (Å²) in [7, 11) is 1.67. The standard InChI is InChI=1S/C23H25N3O2/c1-28-16-18-10-12-19(13-11-18)23(27)25-21-8-5-9-22-20(21)14-24-26(22)15-17-6-3-2-4-7-17/h2-4,6-7,10-14,21H,5,8-9,15-16H2,1H3,(H,25,27). The van der Waals surface area contributed by atoms with Gasteiger partial charge in [0.15, 0.2) is 0 Å². The molecule has 0 saturated carbocycles. The number of carbonyl (C=O) groups excluding carboxylic acids is 1. The summed E-state index contributed by atoms with van der Waals surface area (Å²) in [5, 5.41) is 7.80. The molecular formula is C23H25N3O2. The highest BCUT2D eigenvalue weighted by Crippen LogP contribution is 2.30. The molecule has 0 spiro atoms. The molecule has 1 unspecified atom stereocenters. The number of methoxy groups -OCH3 is 1. The van der Waals surface area contributed by atoms with Crippen LogP contribution in [0.3, 0.4) is 0 Å². The molecule has 0 saturated heterocycles. The van der Waals surface area contributed by atoms with E-state index >= 15 is 0 Å². The third kappa shape index (κ3) is 3.99. The highest BCUT2D eigenvalue weighted by Gasteiger charge is 2.26. The number of fused-ring (bicyclic) bond motifs is 1. The third-order valence-electron chi connectivity index (χ3n) is 5.27. The zero-order valence-corrected chi connectivity index (χ0v) is 16.1. The van der Waals surface area contributed by atoms with Crippen LogP contribution < -0.4 is 5.32 Å². The number of amides is 1. The smallest absolute Gasteiger partial charge is 0.251 e. The molecule has 1 atom stereocenters. The summed E-state index contributed by atoms with van der Waals surface area (Å²) >= 11 is 0. The second-order valence-electron chi connectivity index (χ2n) is 7.24. The maximum Gasteiger partial charge on any atom is 0.251 e. The van der Waals surface area contributed by atoms with Crippen LogP contribution in [0.2, 0.25) is 0 Å². The van der Waals surface area contributed by atoms with Gasteiger partial charge in [-0.05, 0) is 42.5 Å². The van der Waals surface area contributed by atoms with E-state index in [2.05, 4.69) is 27.2 Å². The lowest BCUT2D eigenvalue weighted by Crippen LogP contribution is -2.31. The van der Waals surface area contributed by atoms with Gasteiger partial charge >= 0.3 is 0 Å². The molecule has 1 N–H and O–H groups in total. The lowest BCUT2D eigenvalue weighted by molar-refractivity contribution is 0.0932. The SMILES string of the molecule is COCc1ccc(C(=O)NC2CCCc3c2cnn3Cc2ccccc2)cc1. The van der Waals surface area contributed by atoms with Crippen molar-refractivity contribution in [3.8, 4) is 0 Å². The molecular weight excluding hydrogens is 350 g/mol. The molecule has 1 amide bonds. The van der Waals surface area contributed by atoms with Crippen LogP contribution in [-0.2, 0) is 24.3 Å². The molecule has 0 bridgehead atoms. The minimum Gasteiger partial charge on any atom is -0.380 e. The van der Waals surface area contributed by atoms with Gasteiger partial charge in [0.2, 0.25) is 0 Å². The summed E-state index contributed by atoms with van der Waals surface area (Å²) in [5.74, 6) is -0.0439. The fourth-order valence-corrected chi connectivity index (χ4v) is 3.82. The molecule has 1 aromatic heterocycles. The molecule has 1 aliphatic carbocycles. The van der Waals surface area contributed by atoms with Gasteiger partial charge in [-0.25, -0.2) is 0 Å². The molecule has 3 aromatic rings. The predicted octanol–water partition coefficient (Wildman–Crippen LogP) is 3.89. The Bertz CT molecular complexity index is 932. The first-order chi connectivity index (χ1) is 13.7. The summed E-state index contributed by atoms with van der Waals surface area (Å²) in [6.07, 6.45) is 4.91. The Labute approximate surface area is 165 Å². The van der Waals surface area contributed by atoms with Gasteiger partial charge in [0.1, 0.15) is 0 Å². The zero-order valence-electron chi connectivity index (χ0n) is 16.1. The maximum atomic E-state index is 12.7. The predicted molar refractivity (Wildman–Crippen MR) is 108 cm³/mol. The van der Waals surface area contributed by atoms with Gasteiger partial charge in [-0.1, -0.05) is 42.5 Å². The number of nitrogens with zero attached hydrogens (tertiary/aromatic N) is 2. The number of benzene rings is 2. The van der Waals surface area contributed by atoms with Gasteiger partial charge in [0, 0.05) is 23.9 Å². The summed E-state index contributed by atoms with van der Waals surface area (Å²) in [4.78, 5) is 12.7. The molecule has 2 aromatic carbocycles. The van der Waals surface area contributed by atoms with Crippen LogP contribution in [0, 0.1) is 0 Å². The van der Waals surface area contributed by atoms with Crippen molar-refractivity contribution < 1.29 is 9.53 Å². The van der Waals surface area contributed by atoms with E-state index in [-0.39, 0.29) is 11.9 Å². The largest absolute Gasteiger partial charge is 0.380 e. The van der Waals surface area contributed by atoms with Crippen LogP contribution >= 0.6 is 0 Å². The number of hydrogen-bond acceptors (Lipinski definition) is 3. The van der Waals surface area contributed by atoms with Crippen LogP contribution in [0.15, 0.2) is 60.8 Å². The van der Waals surface area contributed by atoms with Gasteiger partial charge < -0.3 is 10.1 Å². The molecule has 5 nitrogen and oxygen atoms in total. The first-order valence-electron chi connectivity index (χ1n) is 9.72. The number of carbonyl (C=O) groups is 1. The van der Waals surface area contributed by atoms with E-state index < -0.39 is 0 Å². The van der Waals surface area contributed by atoms with Gasteiger partial charge in [-0.3, -0.25) is 9.48 Å². The zero-order chi connectivity index (χ0) is 19.3. The maximum absolute atomic E-state index is 12.7. The van der Waals surface area contributed by atoms with Crippen molar-refractivity contribution >= 4 is 5.91 Å². The first-order valence-corrected chi connectivity index (χ1v) is 9.72. The Kier molecular flexibility index (Phi) is 5.53. The van der Waals surface area contributed by atoms with Crippen molar-refractivity contribution in [2.24, 2.45) is 0 Å². The molecule has 0 aliphatic heterocycles. The average molecular weight is 375 g/mol. The van der Waals surface area contributed by atoms with E-state index in [1.165, 1.54) is 11.3 Å². The Morgan fingerprint density at radius 1 is 1.14 bits per heavy atom. The van der Waals surface area contributed by atoms with Crippen LogP contribution in [0.4, 0.5) is 0 Å². The van der Waals surface area contributed by atoms with Gasteiger partial charge in [0.25, 0.3) is 5.91 Å². The molecule has 28 heavy (non-hydrogen) atoms. The van der Waals surface area contributed by atoms with E-state index in [9.17, 15) is 4.79 Å². The first kappa shape index (κ1) is 18.4. The molecule has 144 valence electrons. The minimum absolute atomic E-state index is 0.0134. The monoisotopic (exact) mass is 375 g/mol. The Balaban J connectivity index is 1.48. The quantitative estimate of drug-likeness (QED) is 0.711. The summed E-state index contributed by atoms with van der Waals surface area (Å²) < 4.78 is 7.20. The number of hydrogen-bond donors (Lipinski definition) is 1. The Morgan fingerprint density at radius 3 is 2.68 bits per heavy atom. The van der Waals surface area contributed by atoms with E-state index in [1.54, 1.807) is 7.11 Å². The number of aromatic nitrogens is 2. The number of nitrogens with one attached hydrogen (secondary N) is 1. The second-order valence-corrected chi connectivity index (χ2v) is 7.24. The Hall–Kier alpha value is -2.92. The normalized spacial score (nSPS) is 15.8. The van der Waals surface area contributed by atoms with E-state index in [1.807, 2.05) is 48.7 Å². The van der Waals surface area contributed by atoms with Crippen molar-refractivity contribution in [3.63, 3.8) is 0 Å². The topological polar surface area (TPSA) is 56.1 Å². The highest BCUT2D eigenvalue weighted by molar-refractivity contribution is 5.94. The lowest BCUT2D eigenvalue weighted by Gasteiger charge is -2.24. The van der Waals surface area contributed by atoms with Crippen LogP contribution in [0.25, 0.3) is 0 Å². The van der Waals surface area contributed by atoms with Crippen LogP contribution in [-0.4, -0.2) is 22.8 Å². The molecule has 1 heterocycles. The van der Waals surface area contributed by atoms with Crippen LogP contribution in [0.1, 0.15) is 51.6 Å². The molecule has 5 heteroatoms. The third-order valence-corrected chi connectivity index (χ3v) is 5.27. The lowest BCUT2D eigenvalue weighted by atomic mass is 9.92. The number of rotatable bonds is 6. The molecule has 4 rings (SSSR count). The fourth-order valence-electron chi connectivity index (χ4n) is 3.82. The molecule has 0 fully saturated rings. The van der Waals surface area contributed by atoms with Gasteiger partial charge in [-0.15, -0.1) is 0 Å². The van der Waals surface area contributed by atoms with Crippen molar-refractivity contribution in [1.29, 1.82) is 0 Å². The Morgan fingerprint density at radius 2 is 1.93 bits per heavy atom. The summed E-state index contributed by atoms with van der Waals surface area (Å²) in [5.41, 5.74) is 5.34. The van der Waals surface area contributed by atoms with E-state index in [4.69, 9.17) is 4.74 Å². The van der Waals surface area contributed by atoms with Crippen molar-refractivity contribution in [1.82, 2.24) is 15.1 Å². The summed E-state index contributed by atoms with van der Waals surface area (Å²) in [6.45, 7) is 1.31. The van der Waals surface area contributed by atoms with Crippen molar-refractivity contribution in [2.75, 3.05) is 7.11 Å². The van der Waals surface area contributed by atoms with Gasteiger partial charge in [0.05, 0.1) is 25.4 Å². The second kappa shape index (κ2) is 8.40. The average Bonchev–Trinajstić information content (AvgIpc) is 3.13. The summed E-state index contributed by atoms with van der Waals surface area (Å²) in [6, 6.07) is 17.9.